The lowest BCUT2D eigenvalue weighted by Crippen LogP contribution is -2.06. The minimum absolute atomic E-state index is 0.660. The molecule has 3 aromatic heterocycles. The van der Waals surface area contributed by atoms with Gasteiger partial charge < -0.3 is 15.0 Å². The van der Waals surface area contributed by atoms with E-state index in [0.717, 1.165) is 28.7 Å². The van der Waals surface area contributed by atoms with Crippen molar-refractivity contribution in [3.8, 4) is 0 Å². The molecule has 20 heavy (non-hydrogen) atoms. The van der Waals surface area contributed by atoms with E-state index in [1.165, 1.54) is 4.88 Å². The Morgan fingerprint density at radius 1 is 1.35 bits per heavy atom. The summed E-state index contributed by atoms with van der Waals surface area (Å²) in [4.78, 5) is 14.5. The fourth-order valence-electron chi connectivity index (χ4n) is 1.92. The van der Waals surface area contributed by atoms with E-state index < -0.39 is 0 Å². The smallest absolute Gasteiger partial charge is 0.180 e. The zero-order valence-corrected chi connectivity index (χ0v) is 12.2. The highest BCUT2D eigenvalue weighted by atomic mass is 32.1. The first-order valence-corrected chi connectivity index (χ1v) is 7.30. The van der Waals surface area contributed by atoms with Crippen LogP contribution in [-0.2, 0) is 13.0 Å². The molecule has 0 radical (unpaired) electrons. The van der Waals surface area contributed by atoms with Gasteiger partial charge in [-0.25, -0.2) is 15.0 Å². The third kappa shape index (κ3) is 2.44. The van der Waals surface area contributed by atoms with Crippen molar-refractivity contribution < 1.29 is 0 Å². The van der Waals surface area contributed by atoms with Crippen LogP contribution >= 0.6 is 11.3 Å². The Balaban J connectivity index is 1.84. The first-order valence-electron chi connectivity index (χ1n) is 6.49. The van der Waals surface area contributed by atoms with Gasteiger partial charge in [-0.05, 0) is 6.42 Å². The molecule has 2 N–H and O–H groups in total. The van der Waals surface area contributed by atoms with Crippen LogP contribution in [0.3, 0.4) is 0 Å². The van der Waals surface area contributed by atoms with Gasteiger partial charge in [0.1, 0.15) is 10.8 Å². The van der Waals surface area contributed by atoms with Gasteiger partial charge in [-0.3, -0.25) is 0 Å². The van der Waals surface area contributed by atoms with Crippen LogP contribution in [0.5, 0.6) is 0 Å². The fraction of sp³-hybridized carbons (Fsp3) is 0.308. The molecule has 0 atom stereocenters. The number of hydrogen-bond acceptors (Lipinski definition) is 6. The van der Waals surface area contributed by atoms with Gasteiger partial charge in [0, 0.05) is 30.5 Å². The molecule has 0 bridgehead atoms. The summed E-state index contributed by atoms with van der Waals surface area (Å²) in [6, 6.07) is 0. The van der Waals surface area contributed by atoms with Gasteiger partial charge in [-0.15, -0.1) is 11.3 Å². The standard InChI is InChI=1S/C13H16N6S/c1-3-9-6-16-11(20-9)7-17-12-13-15-4-5-19(13)8-10(14-2)18-12/h4-6,8,14H,3,7H2,1-2H3,(H,17,18). The van der Waals surface area contributed by atoms with E-state index >= 15 is 0 Å². The van der Waals surface area contributed by atoms with E-state index in [9.17, 15) is 0 Å². The summed E-state index contributed by atoms with van der Waals surface area (Å²) in [5.74, 6) is 1.56. The second-order valence-electron chi connectivity index (χ2n) is 4.31. The van der Waals surface area contributed by atoms with Crippen LogP contribution in [0.15, 0.2) is 24.8 Å². The summed E-state index contributed by atoms with van der Waals surface area (Å²) in [6.45, 7) is 2.80. The molecule has 0 aromatic carbocycles. The molecule has 3 rings (SSSR count). The number of rotatable bonds is 5. The van der Waals surface area contributed by atoms with Crippen LogP contribution in [0.25, 0.3) is 5.65 Å². The molecule has 0 aliphatic carbocycles. The largest absolute Gasteiger partial charge is 0.372 e. The first-order chi connectivity index (χ1) is 9.80. The summed E-state index contributed by atoms with van der Waals surface area (Å²) in [5, 5.41) is 7.42. The Morgan fingerprint density at radius 3 is 3.00 bits per heavy atom. The van der Waals surface area contributed by atoms with Gasteiger partial charge in [0.2, 0.25) is 0 Å². The zero-order chi connectivity index (χ0) is 13.9. The Morgan fingerprint density at radius 2 is 2.25 bits per heavy atom. The Labute approximate surface area is 120 Å². The van der Waals surface area contributed by atoms with Crippen molar-refractivity contribution in [3.63, 3.8) is 0 Å². The maximum Gasteiger partial charge on any atom is 0.180 e. The number of thiazole rings is 1. The monoisotopic (exact) mass is 288 g/mol. The van der Waals surface area contributed by atoms with Crippen LogP contribution in [0.1, 0.15) is 16.8 Å². The third-order valence-corrected chi connectivity index (χ3v) is 4.13. The molecule has 0 unspecified atom stereocenters. The molecule has 0 aliphatic rings. The lowest BCUT2D eigenvalue weighted by molar-refractivity contribution is 1.05. The SMILES string of the molecule is CCc1cnc(CNc2nc(NC)cn3ccnc23)s1. The van der Waals surface area contributed by atoms with E-state index in [4.69, 9.17) is 0 Å². The molecule has 6 nitrogen and oxygen atoms in total. The van der Waals surface area contributed by atoms with Crippen molar-refractivity contribution in [1.82, 2.24) is 19.4 Å². The van der Waals surface area contributed by atoms with Crippen molar-refractivity contribution in [3.05, 3.63) is 34.7 Å². The van der Waals surface area contributed by atoms with Crippen molar-refractivity contribution in [2.24, 2.45) is 0 Å². The number of nitrogens with one attached hydrogen (secondary N) is 2. The van der Waals surface area contributed by atoms with E-state index in [1.54, 1.807) is 17.5 Å². The molecule has 3 aromatic rings. The quantitative estimate of drug-likeness (QED) is 0.754. The number of hydrogen-bond donors (Lipinski definition) is 2. The average Bonchev–Trinajstić information content (AvgIpc) is 3.12. The second kappa shape index (κ2) is 5.46. The normalized spacial score (nSPS) is 10.9. The minimum atomic E-state index is 0.660. The second-order valence-corrected chi connectivity index (χ2v) is 5.51. The van der Waals surface area contributed by atoms with Crippen molar-refractivity contribution in [2.75, 3.05) is 17.7 Å². The predicted molar refractivity (Wildman–Crippen MR) is 81.4 cm³/mol. The Hall–Kier alpha value is -2.15. The fourth-order valence-corrected chi connectivity index (χ4v) is 2.73. The lowest BCUT2D eigenvalue weighted by atomic mass is 10.4. The summed E-state index contributed by atoms with van der Waals surface area (Å²) < 4.78 is 1.94. The Kier molecular flexibility index (Phi) is 3.51. The average molecular weight is 288 g/mol. The van der Waals surface area contributed by atoms with Gasteiger partial charge in [0.25, 0.3) is 0 Å². The number of aromatic nitrogens is 4. The topological polar surface area (TPSA) is 67.1 Å². The number of aryl methyl sites for hydroxylation is 1. The van der Waals surface area contributed by atoms with Gasteiger partial charge in [0.15, 0.2) is 11.5 Å². The van der Waals surface area contributed by atoms with E-state index in [2.05, 4.69) is 32.5 Å². The van der Waals surface area contributed by atoms with Crippen molar-refractivity contribution >= 4 is 28.6 Å². The van der Waals surface area contributed by atoms with Crippen LogP contribution < -0.4 is 10.6 Å². The molecule has 3 heterocycles. The molecule has 7 heteroatoms. The van der Waals surface area contributed by atoms with Crippen LogP contribution in [0.2, 0.25) is 0 Å². The van der Waals surface area contributed by atoms with Crippen molar-refractivity contribution in [2.45, 2.75) is 19.9 Å². The van der Waals surface area contributed by atoms with Crippen LogP contribution in [0.4, 0.5) is 11.6 Å². The Bertz CT molecular complexity index is 717. The summed E-state index contributed by atoms with van der Waals surface area (Å²) >= 11 is 1.73. The molecule has 0 spiro atoms. The molecule has 0 saturated heterocycles. The third-order valence-electron chi connectivity index (χ3n) is 2.99. The van der Waals surface area contributed by atoms with Gasteiger partial charge >= 0.3 is 0 Å². The van der Waals surface area contributed by atoms with E-state index in [1.807, 2.05) is 30.0 Å². The van der Waals surface area contributed by atoms with Gasteiger partial charge in [0.05, 0.1) is 12.7 Å². The summed E-state index contributed by atoms with van der Waals surface area (Å²) in [6.07, 6.45) is 8.54. The highest BCUT2D eigenvalue weighted by molar-refractivity contribution is 7.11. The molecular weight excluding hydrogens is 272 g/mol. The minimum Gasteiger partial charge on any atom is -0.372 e. The molecule has 0 aliphatic heterocycles. The highest BCUT2D eigenvalue weighted by Crippen LogP contribution is 2.19. The predicted octanol–water partition coefficient (Wildman–Crippen LogP) is 2.40. The molecule has 104 valence electrons. The van der Waals surface area contributed by atoms with Crippen molar-refractivity contribution in [1.29, 1.82) is 0 Å². The molecular formula is C13H16N6S. The lowest BCUT2D eigenvalue weighted by Gasteiger charge is -2.08. The zero-order valence-electron chi connectivity index (χ0n) is 11.4. The summed E-state index contributed by atoms with van der Waals surface area (Å²) in [5.41, 5.74) is 0.816. The number of fused-ring (bicyclic) bond motifs is 1. The number of imidazole rings is 1. The van der Waals surface area contributed by atoms with Gasteiger partial charge in [-0.2, -0.15) is 0 Å². The van der Waals surface area contributed by atoms with Crippen LogP contribution in [0, 0.1) is 0 Å². The van der Waals surface area contributed by atoms with E-state index in [0.29, 0.717) is 6.54 Å². The maximum atomic E-state index is 4.50. The highest BCUT2D eigenvalue weighted by Gasteiger charge is 2.08. The van der Waals surface area contributed by atoms with Gasteiger partial charge in [-0.1, -0.05) is 6.92 Å². The number of nitrogens with zero attached hydrogens (tertiary/aromatic N) is 4. The van der Waals surface area contributed by atoms with E-state index in [-0.39, 0.29) is 0 Å². The summed E-state index contributed by atoms with van der Waals surface area (Å²) in [7, 11) is 1.85. The molecule has 0 saturated carbocycles. The molecule has 0 amide bonds. The van der Waals surface area contributed by atoms with Crippen LogP contribution in [-0.4, -0.2) is 26.4 Å². The first kappa shape index (κ1) is 12.9. The molecule has 0 fully saturated rings. The maximum absolute atomic E-state index is 4.50. The number of anilines is 2.